The second-order valence-electron chi connectivity index (χ2n) is 8.97. The van der Waals surface area contributed by atoms with Crippen molar-refractivity contribution >= 4 is 58.5 Å². The van der Waals surface area contributed by atoms with Gasteiger partial charge in [-0.25, -0.2) is 4.39 Å². The molecule has 7 nitrogen and oxygen atoms in total. The molecular formula is C32H27ClFN3O4S. The largest absolute Gasteiger partial charge is 0.497 e. The lowest BCUT2D eigenvalue weighted by Gasteiger charge is -2.14. The fourth-order valence-electron chi connectivity index (χ4n) is 3.75. The highest BCUT2D eigenvalue weighted by Crippen LogP contribution is 2.27. The normalized spacial score (nSPS) is 11.8. The summed E-state index contributed by atoms with van der Waals surface area (Å²) in [5.41, 5.74) is 1.15. The molecule has 0 saturated heterocycles. The van der Waals surface area contributed by atoms with Crippen molar-refractivity contribution in [3.63, 3.8) is 0 Å². The van der Waals surface area contributed by atoms with E-state index >= 15 is 0 Å². The molecule has 10 heteroatoms. The zero-order chi connectivity index (χ0) is 30.1. The molecule has 4 aromatic rings. The molecule has 0 saturated carbocycles. The summed E-state index contributed by atoms with van der Waals surface area (Å²) in [6.07, 6.45) is 1.20. The molecule has 0 aliphatic heterocycles. The van der Waals surface area contributed by atoms with E-state index in [1.54, 1.807) is 92.9 Å². The monoisotopic (exact) mass is 603 g/mol. The van der Waals surface area contributed by atoms with Gasteiger partial charge in [-0.2, -0.15) is 0 Å². The van der Waals surface area contributed by atoms with E-state index in [9.17, 15) is 18.8 Å². The molecule has 1 atom stereocenters. The van der Waals surface area contributed by atoms with Crippen LogP contribution in [0.4, 0.5) is 15.8 Å². The molecule has 0 bridgehead atoms. The highest BCUT2D eigenvalue weighted by Gasteiger charge is 2.18. The molecule has 42 heavy (non-hydrogen) atoms. The van der Waals surface area contributed by atoms with Gasteiger partial charge in [-0.1, -0.05) is 41.9 Å². The maximum atomic E-state index is 14.5. The molecular weight excluding hydrogens is 577 g/mol. The van der Waals surface area contributed by atoms with Crippen LogP contribution in [0.25, 0.3) is 6.08 Å². The number of methoxy groups -OCH3 is 1. The van der Waals surface area contributed by atoms with Crippen LogP contribution < -0.4 is 20.7 Å². The Morgan fingerprint density at radius 3 is 2.29 bits per heavy atom. The van der Waals surface area contributed by atoms with Crippen molar-refractivity contribution in [2.75, 3.05) is 17.7 Å². The first-order valence-electron chi connectivity index (χ1n) is 12.8. The van der Waals surface area contributed by atoms with Gasteiger partial charge in [0.2, 0.25) is 5.91 Å². The van der Waals surface area contributed by atoms with Gasteiger partial charge in [0.05, 0.1) is 17.4 Å². The second kappa shape index (κ2) is 14.3. The Labute approximate surface area is 252 Å². The lowest BCUT2D eigenvalue weighted by molar-refractivity contribution is -0.115. The Bertz CT molecular complexity index is 1590. The predicted octanol–water partition coefficient (Wildman–Crippen LogP) is 7.02. The van der Waals surface area contributed by atoms with Crippen LogP contribution in [0.15, 0.2) is 108 Å². The van der Waals surface area contributed by atoms with Gasteiger partial charge in [-0.3, -0.25) is 14.4 Å². The summed E-state index contributed by atoms with van der Waals surface area (Å²) >= 11 is 7.51. The van der Waals surface area contributed by atoms with E-state index in [-0.39, 0.29) is 22.2 Å². The highest BCUT2D eigenvalue weighted by molar-refractivity contribution is 8.00. The zero-order valence-electron chi connectivity index (χ0n) is 22.7. The maximum absolute atomic E-state index is 14.5. The average molecular weight is 604 g/mol. The summed E-state index contributed by atoms with van der Waals surface area (Å²) < 4.78 is 19.7. The predicted molar refractivity (Wildman–Crippen MR) is 165 cm³/mol. The van der Waals surface area contributed by atoms with Crippen LogP contribution in [0.2, 0.25) is 5.02 Å². The number of hydrogen-bond acceptors (Lipinski definition) is 5. The van der Waals surface area contributed by atoms with Gasteiger partial charge in [0.25, 0.3) is 11.8 Å². The standard InChI is InChI=1S/C32H27ClFN3O4S/c1-20(30(38)36-23-10-6-11-24(18-23)41-2)42-25-16-14-22(15-17-25)35-32(40)29(19-26-27(33)12-7-13-28(26)34)37-31(39)21-8-4-3-5-9-21/h3-20H,1-2H3,(H,35,40)(H,36,38)(H,37,39)/b29-19-. The summed E-state index contributed by atoms with van der Waals surface area (Å²) in [5, 5.41) is 7.82. The molecule has 0 aliphatic carbocycles. The van der Waals surface area contributed by atoms with Crippen molar-refractivity contribution in [1.29, 1.82) is 0 Å². The molecule has 0 aliphatic rings. The van der Waals surface area contributed by atoms with E-state index in [1.165, 1.54) is 36.0 Å². The molecule has 3 amide bonds. The molecule has 0 radical (unpaired) electrons. The van der Waals surface area contributed by atoms with Gasteiger partial charge >= 0.3 is 0 Å². The van der Waals surface area contributed by atoms with Crippen LogP contribution in [0.5, 0.6) is 5.75 Å². The third-order valence-corrected chi connectivity index (χ3v) is 7.39. The molecule has 4 aromatic carbocycles. The van der Waals surface area contributed by atoms with Crippen LogP contribution >= 0.6 is 23.4 Å². The van der Waals surface area contributed by atoms with Crippen molar-refractivity contribution in [1.82, 2.24) is 5.32 Å². The number of rotatable bonds is 10. The van der Waals surface area contributed by atoms with E-state index in [1.807, 2.05) is 0 Å². The van der Waals surface area contributed by atoms with Crippen molar-refractivity contribution in [2.24, 2.45) is 0 Å². The minimum absolute atomic E-state index is 0.0364. The zero-order valence-corrected chi connectivity index (χ0v) is 24.3. The molecule has 0 aromatic heterocycles. The summed E-state index contributed by atoms with van der Waals surface area (Å²) in [7, 11) is 1.56. The number of carbonyl (C=O) groups is 3. The Morgan fingerprint density at radius 2 is 1.60 bits per heavy atom. The van der Waals surface area contributed by atoms with Crippen molar-refractivity contribution < 1.29 is 23.5 Å². The third-order valence-electron chi connectivity index (χ3n) is 5.95. The summed E-state index contributed by atoms with van der Waals surface area (Å²) in [6, 6.07) is 26.4. The van der Waals surface area contributed by atoms with Crippen LogP contribution in [0, 0.1) is 5.82 Å². The van der Waals surface area contributed by atoms with Crippen LogP contribution in [0.1, 0.15) is 22.8 Å². The molecule has 214 valence electrons. The number of ether oxygens (including phenoxy) is 1. The van der Waals surface area contributed by atoms with E-state index in [4.69, 9.17) is 16.3 Å². The highest BCUT2D eigenvalue weighted by atomic mass is 35.5. The number of nitrogens with one attached hydrogen (secondary N) is 3. The SMILES string of the molecule is COc1cccc(NC(=O)C(C)Sc2ccc(NC(=O)/C(=C/c3c(F)cccc3Cl)NC(=O)c3ccccc3)cc2)c1. The number of halogens is 2. The number of anilines is 2. The first kappa shape index (κ1) is 30.4. The lowest BCUT2D eigenvalue weighted by Crippen LogP contribution is -2.30. The minimum atomic E-state index is -0.676. The Morgan fingerprint density at radius 1 is 0.881 bits per heavy atom. The minimum Gasteiger partial charge on any atom is -0.497 e. The molecule has 4 rings (SSSR count). The molecule has 1 unspecified atom stereocenters. The van der Waals surface area contributed by atoms with Gasteiger partial charge in [0.1, 0.15) is 17.3 Å². The smallest absolute Gasteiger partial charge is 0.272 e. The fourth-order valence-corrected chi connectivity index (χ4v) is 4.84. The van der Waals surface area contributed by atoms with Crippen molar-refractivity contribution in [3.8, 4) is 5.75 Å². The van der Waals surface area contributed by atoms with Gasteiger partial charge in [-0.15, -0.1) is 11.8 Å². The van der Waals surface area contributed by atoms with Gasteiger partial charge in [-0.05, 0) is 73.7 Å². The van der Waals surface area contributed by atoms with Gasteiger partial charge < -0.3 is 20.7 Å². The Hall–Kier alpha value is -4.60. The average Bonchev–Trinajstić information content (AvgIpc) is 2.99. The molecule has 0 spiro atoms. The first-order chi connectivity index (χ1) is 20.2. The van der Waals surface area contributed by atoms with Crippen molar-refractivity contribution in [3.05, 3.63) is 125 Å². The molecule has 0 fully saturated rings. The number of amides is 3. The third kappa shape index (κ3) is 8.22. The summed E-state index contributed by atoms with van der Waals surface area (Å²) in [6.45, 7) is 1.79. The Kier molecular flexibility index (Phi) is 10.4. The number of thioether (sulfide) groups is 1. The summed E-state index contributed by atoms with van der Waals surface area (Å²) in [5.74, 6) is -1.41. The number of benzene rings is 4. The topological polar surface area (TPSA) is 96.5 Å². The summed E-state index contributed by atoms with van der Waals surface area (Å²) in [4.78, 5) is 39.6. The fraction of sp³-hybridized carbons (Fsp3) is 0.0938. The molecule has 3 N–H and O–H groups in total. The maximum Gasteiger partial charge on any atom is 0.272 e. The number of hydrogen-bond donors (Lipinski definition) is 3. The van der Waals surface area contributed by atoms with Crippen LogP contribution in [-0.4, -0.2) is 30.1 Å². The quantitative estimate of drug-likeness (QED) is 0.134. The second-order valence-corrected chi connectivity index (χ2v) is 10.8. The van der Waals surface area contributed by atoms with E-state index in [2.05, 4.69) is 16.0 Å². The van der Waals surface area contributed by atoms with Crippen LogP contribution in [-0.2, 0) is 9.59 Å². The van der Waals surface area contributed by atoms with Gasteiger partial charge in [0, 0.05) is 33.5 Å². The molecule has 0 heterocycles. The van der Waals surface area contributed by atoms with E-state index in [0.717, 1.165) is 4.90 Å². The van der Waals surface area contributed by atoms with Gasteiger partial charge in [0.15, 0.2) is 0 Å². The van der Waals surface area contributed by atoms with E-state index in [0.29, 0.717) is 22.7 Å². The Balaban J connectivity index is 1.45. The van der Waals surface area contributed by atoms with Crippen molar-refractivity contribution in [2.45, 2.75) is 17.1 Å². The lowest BCUT2D eigenvalue weighted by atomic mass is 10.1. The first-order valence-corrected chi connectivity index (χ1v) is 14.0. The number of carbonyl (C=O) groups excluding carboxylic acids is 3. The van der Waals surface area contributed by atoms with Crippen LogP contribution in [0.3, 0.4) is 0 Å². The van der Waals surface area contributed by atoms with E-state index < -0.39 is 22.9 Å².